The summed E-state index contributed by atoms with van der Waals surface area (Å²) in [5.41, 5.74) is 16.1. The SMILES string of the molecule is Cc1ccc2c(c1)C=CC2c1c(C(C)(C)C)c(=C(c2ccccc2)c2ccccc2)cc2c1=Cc1cc(C(C)(C)C)ccc1-2. The van der Waals surface area contributed by atoms with E-state index in [1.807, 2.05) is 0 Å². The lowest BCUT2D eigenvalue weighted by molar-refractivity contribution is 0.576. The lowest BCUT2D eigenvalue weighted by Gasteiger charge is -2.29. The van der Waals surface area contributed by atoms with Crippen LogP contribution in [0.1, 0.15) is 97.5 Å². The molecule has 218 valence electrons. The third-order valence-corrected chi connectivity index (χ3v) is 9.42. The molecule has 0 spiro atoms. The number of aryl methyl sites for hydroxylation is 1. The highest BCUT2D eigenvalue weighted by Gasteiger charge is 2.32. The van der Waals surface area contributed by atoms with Crippen molar-refractivity contribution in [3.63, 3.8) is 0 Å². The Kier molecular flexibility index (Phi) is 6.67. The molecule has 5 aromatic carbocycles. The van der Waals surface area contributed by atoms with E-state index in [-0.39, 0.29) is 16.7 Å². The van der Waals surface area contributed by atoms with Crippen LogP contribution in [0.2, 0.25) is 0 Å². The van der Waals surface area contributed by atoms with Crippen LogP contribution in [-0.4, -0.2) is 0 Å². The molecule has 2 aliphatic carbocycles. The van der Waals surface area contributed by atoms with Crippen molar-refractivity contribution in [2.45, 2.75) is 65.2 Å². The van der Waals surface area contributed by atoms with Crippen molar-refractivity contribution in [2.24, 2.45) is 0 Å². The fourth-order valence-electron chi connectivity index (χ4n) is 7.34. The molecule has 5 aromatic rings. The van der Waals surface area contributed by atoms with Gasteiger partial charge in [-0.05, 0) is 102 Å². The van der Waals surface area contributed by atoms with E-state index in [9.17, 15) is 0 Å². The Bertz CT molecular complexity index is 2020. The first kappa shape index (κ1) is 28.4. The lowest BCUT2D eigenvalue weighted by Crippen LogP contribution is -2.34. The molecule has 0 bridgehead atoms. The Labute approximate surface area is 263 Å². The van der Waals surface area contributed by atoms with Gasteiger partial charge in [0.05, 0.1) is 0 Å². The van der Waals surface area contributed by atoms with E-state index >= 15 is 0 Å². The summed E-state index contributed by atoms with van der Waals surface area (Å²) in [5.74, 6) is 0.189. The van der Waals surface area contributed by atoms with Crippen molar-refractivity contribution in [3.8, 4) is 11.1 Å². The summed E-state index contributed by atoms with van der Waals surface area (Å²) >= 11 is 0. The van der Waals surface area contributed by atoms with Crippen LogP contribution < -0.4 is 10.4 Å². The van der Waals surface area contributed by atoms with E-state index in [1.54, 1.807) is 0 Å². The molecule has 44 heavy (non-hydrogen) atoms. The minimum absolute atomic E-state index is 0.0920. The number of hydrogen-bond donors (Lipinski definition) is 0. The van der Waals surface area contributed by atoms with Crippen LogP contribution in [0.5, 0.6) is 0 Å². The Morgan fingerprint density at radius 2 is 1.27 bits per heavy atom. The largest absolute Gasteiger partial charge is 0.0720 e. The molecule has 2 aliphatic rings. The smallest absolute Gasteiger partial charge is 0.0288 e. The third-order valence-electron chi connectivity index (χ3n) is 9.42. The predicted octanol–water partition coefficient (Wildman–Crippen LogP) is 9.81. The summed E-state index contributed by atoms with van der Waals surface area (Å²) in [6.45, 7) is 16.3. The third kappa shape index (κ3) is 4.78. The maximum Gasteiger partial charge on any atom is 0.0288 e. The molecule has 0 radical (unpaired) electrons. The molecule has 1 unspecified atom stereocenters. The van der Waals surface area contributed by atoms with Crippen LogP contribution in [0.3, 0.4) is 0 Å². The van der Waals surface area contributed by atoms with E-state index in [2.05, 4.69) is 170 Å². The average Bonchev–Trinajstić information content (AvgIpc) is 3.57. The molecule has 1 atom stereocenters. The maximum atomic E-state index is 2.52. The lowest BCUT2D eigenvalue weighted by atomic mass is 9.74. The summed E-state index contributed by atoms with van der Waals surface area (Å²) in [6.07, 6.45) is 7.27. The van der Waals surface area contributed by atoms with E-state index < -0.39 is 0 Å². The minimum Gasteiger partial charge on any atom is -0.0720 e. The molecule has 0 aliphatic heterocycles. The summed E-state index contributed by atoms with van der Waals surface area (Å²) in [7, 11) is 0. The summed E-state index contributed by atoms with van der Waals surface area (Å²) < 4.78 is 0. The first-order valence-corrected chi connectivity index (χ1v) is 16.0. The minimum atomic E-state index is -0.102. The van der Waals surface area contributed by atoms with Crippen molar-refractivity contribution in [2.75, 3.05) is 0 Å². The molecule has 0 amide bonds. The molecule has 0 N–H and O–H groups in total. The Hall–Kier alpha value is -4.42. The van der Waals surface area contributed by atoms with Crippen LogP contribution in [0.4, 0.5) is 0 Å². The first-order chi connectivity index (χ1) is 21.0. The van der Waals surface area contributed by atoms with E-state index in [0.29, 0.717) is 0 Å². The number of hydrogen-bond acceptors (Lipinski definition) is 0. The zero-order chi connectivity index (χ0) is 30.8. The molecule has 0 saturated carbocycles. The van der Waals surface area contributed by atoms with Gasteiger partial charge in [-0.15, -0.1) is 0 Å². The zero-order valence-electron chi connectivity index (χ0n) is 27.1. The summed E-state index contributed by atoms with van der Waals surface area (Å²) in [4.78, 5) is 0. The molecule has 0 saturated heterocycles. The molecule has 0 heterocycles. The van der Waals surface area contributed by atoms with Gasteiger partial charge in [-0.2, -0.15) is 0 Å². The quantitative estimate of drug-likeness (QED) is 0.199. The number of allylic oxidation sites excluding steroid dienone is 1. The van der Waals surface area contributed by atoms with Crippen molar-refractivity contribution < 1.29 is 0 Å². The molecule has 0 fully saturated rings. The van der Waals surface area contributed by atoms with Crippen molar-refractivity contribution in [3.05, 3.63) is 170 Å². The van der Waals surface area contributed by atoms with Crippen molar-refractivity contribution >= 4 is 17.7 Å². The monoisotopic (exact) mass is 570 g/mol. The van der Waals surface area contributed by atoms with Crippen LogP contribution in [-0.2, 0) is 10.8 Å². The standard InChI is InChI=1S/C44H42/c1-28-18-21-34-31(24-28)19-22-36(34)41-38-26-32-25-33(43(2,3)4)20-23-35(32)37(38)27-39(42(41)44(5,6)7)40(29-14-10-8-11-15-29)30-16-12-9-13-17-30/h8-27,36H,1-7H3. The van der Waals surface area contributed by atoms with Gasteiger partial charge in [-0.1, -0.05) is 156 Å². The highest BCUT2D eigenvalue weighted by molar-refractivity contribution is 5.88. The van der Waals surface area contributed by atoms with Crippen molar-refractivity contribution in [1.82, 2.24) is 0 Å². The number of rotatable bonds is 3. The van der Waals surface area contributed by atoms with Crippen LogP contribution in [0.15, 0.2) is 109 Å². The molecular weight excluding hydrogens is 528 g/mol. The highest BCUT2D eigenvalue weighted by Crippen LogP contribution is 2.41. The predicted molar refractivity (Wildman–Crippen MR) is 189 cm³/mol. The van der Waals surface area contributed by atoms with Gasteiger partial charge in [0.1, 0.15) is 0 Å². The Balaban J connectivity index is 1.68. The van der Waals surface area contributed by atoms with Crippen LogP contribution in [0, 0.1) is 6.92 Å². The Morgan fingerprint density at radius 1 is 0.614 bits per heavy atom. The van der Waals surface area contributed by atoms with Gasteiger partial charge < -0.3 is 0 Å². The second-order valence-electron chi connectivity index (χ2n) is 14.7. The maximum absolute atomic E-state index is 2.52. The van der Waals surface area contributed by atoms with Gasteiger partial charge in [0, 0.05) is 5.92 Å². The zero-order valence-corrected chi connectivity index (χ0v) is 27.1. The fourth-order valence-corrected chi connectivity index (χ4v) is 7.34. The second kappa shape index (κ2) is 10.3. The highest BCUT2D eigenvalue weighted by atomic mass is 14.4. The number of fused-ring (bicyclic) bond motifs is 4. The molecule has 0 nitrogen and oxygen atoms in total. The summed E-state index contributed by atoms with van der Waals surface area (Å²) in [6, 6.07) is 38.6. The summed E-state index contributed by atoms with van der Waals surface area (Å²) in [5, 5.41) is 2.71. The van der Waals surface area contributed by atoms with Gasteiger partial charge in [-0.3, -0.25) is 0 Å². The van der Waals surface area contributed by atoms with E-state index in [0.717, 1.165) is 0 Å². The topological polar surface area (TPSA) is 0 Å². The first-order valence-electron chi connectivity index (χ1n) is 16.0. The molecule has 0 heteroatoms. The average molecular weight is 571 g/mol. The second-order valence-corrected chi connectivity index (χ2v) is 14.7. The van der Waals surface area contributed by atoms with Gasteiger partial charge in [0.15, 0.2) is 0 Å². The van der Waals surface area contributed by atoms with Crippen LogP contribution in [0.25, 0.3) is 28.9 Å². The van der Waals surface area contributed by atoms with Gasteiger partial charge in [0.25, 0.3) is 0 Å². The molecular formula is C44H42. The fraction of sp³-hybridized carbons (Fsp3) is 0.227. The molecule has 7 rings (SSSR count). The molecule has 0 aromatic heterocycles. The van der Waals surface area contributed by atoms with E-state index in [4.69, 9.17) is 0 Å². The van der Waals surface area contributed by atoms with E-state index in [1.165, 1.54) is 77.2 Å². The van der Waals surface area contributed by atoms with Crippen molar-refractivity contribution in [1.29, 1.82) is 0 Å². The number of benzene rings is 5. The Morgan fingerprint density at radius 3 is 1.89 bits per heavy atom. The normalized spacial score (nSPS) is 15.0. The van der Waals surface area contributed by atoms with Gasteiger partial charge in [-0.25, -0.2) is 0 Å². The van der Waals surface area contributed by atoms with Crippen LogP contribution >= 0.6 is 0 Å². The van der Waals surface area contributed by atoms with Gasteiger partial charge >= 0.3 is 0 Å². The van der Waals surface area contributed by atoms with Gasteiger partial charge in [0.2, 0.25) is 0 Å².